The molecule has 0 fully saturated rings. The molecule has 6 heteroatoms. The molecule has 1 N–H and O–H groups in total. The molecule has 130 valence electrons. The Morgan fingerprint density at radius 1 is 1.00 bits per heavy atom. The summed E-state index contributed by atoms with van der Waals surface area (Å²) < 4.78 is 24.8. The minimum absolute atomic E-state index is 0.256. The summed E-state index contributed by atoms with van der Waals surface area (Å²) in [6, 6.07) is 14.7. The van der Waals surface area contributed by atoms with Gasteiger partial charge in [0, 0.05) is 29.1 Å². The van der Waals surface area contributed by atoms with Gasteiger partial charge in [-0.3, -0.25) is 9.78 Å². The van der Waals surface area contributed by atoms with Crippen molar-refractivity contribution in [1.29, 1.82) is 0 Å². The molecule has 0 radical (unpaired) electrons. The highest BCUT2D eigenvalue weighted by Gasteiger charge is 2.14. The van der Waals surface area contributed by atoms with E-state index in [-0.39, 0.29) is 11.6 Å². The second kappa shape index (κ2) is 6.84. The molecule has 0 spiro atoms. The molecule has 0 bridgehead atoms. The van der Waals surface area contributed by atoms with E-state index in [2.05, 4.69) is 10.3 Å². The summed E-state index contributed by atoms with van der Waals surface area (Å²) in [5.74, 6) is 0.599. The van der Waals surface area contributed by atoms with Crippen molar-refractivity contribution in [1.82, 2.24) is 4.98 Å². The fourth-order valence-corrected chi connectivity index (χ4v) is 2.70. The number of pyridine rings is 1. The summed E-state index contributed by atoms with van der Waals surface area (Å²) in [4.78, 5) is 16.5. The molecule has 26 heavy (non-hydrogen) atoms. The highest BCUT2D eigenvalue weighted by molar-refractivity contribution is 6.04. The number of anilines is 1. The van der Waals surface area contributed by atoms with Crippen molar-refractivity contribution < 1.29 is 18.7 Å². The van der Waals surface area contributed by atoms with E-state index < -0.39 is 5.82 Å². The van der Waals surface area contributed by atoms with Crippen LogP contribution in [0.2, 0.25) is 0 Å². The molecule has 4 rings (SSSR count). The molecule has 1 aliphatic rings. The maximum Gasteiger partial charge on any atom is 0.255 e. The molecule has 0 saturated heterocycles. The van der Waals surface area contributed by atoms with Crippen LogP contribution in [-0.4, -0.2) is 24.1 Å². The zero-order valence-corrected chi connectivity index (χ0v) is 13.7. The third kappa shape index (κ3) is 3.21. The quantitative estimate of drug-likeness (QED) is 0.778. The Labute approximate surface area is 149 Å². The Morgan fingerprint density at radius 3 is 2.54 bits per heavy atom. The summed E-state index contributed by atoms with van der Waals surface area (Å²) in [5.41, 5.74) is 1.93. The van der Waals surface area contributed by atoms with Crippen LogP contribution in [0.1, 0.15) is 10.4 Å². The minimum atomic E-state index is -0.402. The lowest BCUT2D eigenvalue weighted by molar-refractivity contribution is 0.102. The molecule has 1 aromatic heterocycles. The van der Waals surface area contributed by atoms with Gasteiger partial charge in [-0.2, -0.15) is 0 Å². The number of benzene rings is 2. The first-order valence-electron chi connectivity index (χ1n) is 8.13. The second-order valence-electron chi connectivity index (χ2n) is 5.72. The number of hydrogen-bond acceptors (Lipinski definition) is 4. The molecule has 3 aromatic rings. The van der Waals surface area contributed by atoms with Crippen molar-refractivity contribution in [3.8, 4) is 22.8 Å². The first-order chi connectivity index (χ1) is 12.7. The SMILES string of the molecule is O=C(Nc1ccc2c(c1)OCCO2)c1ccc(-c2ncccc2F)cc1. The molecular weight excluding hydrogens is 335 g/mol. The van der Waals surface area contributed by atoms with E-state index in [9.17, 15) is 9.18 Å². The molecule has 2 aromatic carbocycles. The van der Waals surface area contributed by atoms with Crippen LogP contribution in [-0.2, 0) is 0 Å². The normalized spacial score (nSPS) is 12.5. The number of nitrogens with one attached hydrogen (secondary N) is 1. The molecule has 1 aliphatic heterocycles. The maximum absolute atomic E-state index is 13.8. The summed E-state index contributed by atoms with van der Waals surface area (Å²) in [7, 11) is 0. The predicted molar refractivity (Wildman–Crippen MR) is 95.0 cm³/mol. The molecule has 0 atom stereocenters. The molecule has 0 aliphatic carbocycles. The molecule has 0 unspecified atom stereocenters. The zero-order valence-electron chi connectivity index (χ0n) is 13.7. The van der Waals surface area contributed by atoms with Crippen molar-refractivity contribution in [3.05, 3.63) is 72.2 Å². The van der Waals surface area contributed by atoms with E-state index in [0.29, 0.717) is 41.5 Å². The molecule has 0 saturated carbocycles. The minimum Gasteiger partial charge on any atom is -0.486 e. The molecule has 1 amide bonds. The van der Waals surface area contributed by atoms with Crippen LogP contribution in [0.4, 0.5) is 10.1 Å². The van der Waals surface area contributed by atoms with Crippen LogP contribution < -0.4 is 14.8 Å². The summed E-state index contributed by atoms with van der Waals surface area (Å²) in [6.07, 6.45) is 1.53. The topological polar surface area (TPSA) is 60.5 Å². The lowest BCUT2D eigenvalue weighted by Crippen LogP contribution is -2.16. The number of rotatable bonds is 3. The standard InChI is InChI=1S/C20H15FN2O3/c21-16-2-1-9-22-19(16)13-3-5-14(6-4-13)20(24)23-15-7-8-17-18(12-15)26-11-10-25-17/h1-9,12H,10-11H2,(H,23,24). The van der Waals surface area contributed by atoms with Crippen LogP contribution in [0.3, 0.4) is 0 Å². The summed E-state index contributed by atoms with van der Waals surface area (Å²) in [5, 5.41) is 2.81. The lowest BCUT2D eigenvalue weighted by atomic mass is 10.1. The van der Waals surface area contributed by atoms with Gasteiger partial charge < -0.3 is 14.8 Å². The lowest BCUT2D eigenvalue weighted by Gasteiger charge is -2.19. The Morgan fingerprint density at radius 2 is 1.77 bits per heavy atom. The van der Waals surface area contributed by atoms with Gasteiger partial charge >= 0.3 is 0 Å². The first-order valence-corrected chi connectivity index (χ1v) is 8.13. The fourth-order valence-electron chi connectivity index (χ4n) is 2.70. The van der Waals surface area contributed by atoms with Crippen LogP contribution in [0.25, 0.3) is 11.3 Å². The predicted octanol–water partition coefficient (Wildman–Crippen LogP) is 3.91. The van der Waals surface area contributed by atoms with Crippen molar-refractivity contribution in [2.24, 2.45) is 0 Å². The van der Waals surface area contributed by atoms with Crippen LogP contribution in [0.15, 0.2) is 60.8 Å². The number of ether oxygens (including phenoxy) is 2. The van der Waals surface area contributed by atoms with Gasteiger partial charge in [-0.1, -0.05) is 12.1 Å². The van der Waals surface area contributed by atoms with Crippen LogP contribution >= 0.6 is 0 Å². The molecular formula is C20H15FN2O3. The zero-order chi connectivity index (χ0) is 17.9. The third-order valence-electron chi connectivity index (χ3n) is 3.98. The van der Waals surface area contributed by atoms with E-state index in [1.165, 1.54) is 18.3 Å². The highest BCUT2D eigenvalue weighted by Crippen LogP contribution is 2.32. The number of amides is 1. The number of carbonyl (C=O) groups is 1. The number of fused-ring (bicyclic) bond motifs is 1. The smallest absolute Gasteiger partial charge is 0.255 e. The second-order valence-corrected chi connectivity index (χ2v) is 5.72. The van der Waals surface area contributed by atoms with Crippen LogP contribution in [0, 0.1) is 5.82 Å². The van der Waals surface area contributed by atoms with Gasteiger partial charge in [-0.05, 0) is 36.4 Å². The average Bonchev–Trinajstić information content (AvgIpc) is 2.68. The number of carbonyl (C=O) groups excluding carboxylic acids is 1. The first kappa shape index (κ1) is 16.1. The maximum atomic E-state index is 13.8. The number of nitrogens with zero attached hydrogens (tertiary/aromatic N) is 1. The van der Waals surface area contributed by atoms with E-state index in [0.717, 1.165) is 0 Å². The Balaban J connectivity index is 1.51. The number of hydrogen-bond donors (Lipinski definition) is 1. The van der Waals surface area contributed by atoms with Gasteiger partial charge in [0.25, 0.3) is 5.91 Å². The Kier molecular flexibility index (Phi) is 4.23. The summed E-state index contributed by atoms with van der Waals surface area (Å²) in [6.45, 7) is 0.998. The number of halogens is 1. The number of aromatic nitrogens is 1. The van der Waals surface area contributed by atoms with Gasteiger partial charge in [-0.15, -0.1) is 0 Å². The van der Waals surface area contributed by atoms with E-state index in [1.54, 1.807) is 42.5 Å². The molecule has 5 nitrogen and oxygen atoms in total. The van der Waals surface area contributed by atoms with Gasteiger partial charge in [-0.25, -0.2) is 4.39 Å². The fraction of sp³-hybridized carbons (Fsp3) is 0.100. The van der Waals surface area contributed by atoms with Crippen molar-refractivity contribution in [2.75, 3.05) is 18.5 Å². The van der Waals surface area contributed by atoms with Crippen molar-refractivity contribution in [3.63, 3.8) is 0 Å². The van der Waals surface area contributed by atoms with Gasteiger partial charge in [0.2, 0.25) is 0 Å². The van der Waals surface area contributed by atoms with E-state index in [4.69, 9.17) is 9.47 Å². The van der Waals surface area contributed by atoms with Crippen molar-refractivity contribution in [2.45, 2.75) is 0 Å². The van der Waals surface area contributed by atoms with Gasteiger partial charge in [0.15, 0.2) is 11.5 Å². The van der Waals surface area contributed by atoms with E-state index in [1.807, 2.05) is 0 Å². The van der Waals surface area contributed by atoms with Crippen molar-refractivity contribution >= 4 is 11.6 Å². The summed E-state index contributed by atoms with van der Waals surface area (Å²) >= 11 is 0. The van der Waals surface area contributed by atoms with E-state index >= 15 is 0 Å². The van der Waals surface area contributed by atoms with Gasteiger partial charge in [0.1, 0.15) is 24.7 Å². The van der Waals surface area contributed by atoms with Crippen LogP contribution in [0.5, 0.6) is 11.5 Å². The average molecular weight is 350 g/mol. The Bertz CT molecular complexity index is 958. The largest absolute Gasteiger partial charge is 0.486 e. The Hall–Kier alpha value is -3.41. The molecule has 2 heterocycles. The third-order valence-corrected chi connectivity index (χ3v) is 3.98. The highest BCUT2D eigenvalue weighted by atomic mass is 19.1. The monoisotopic (exact) mass is 350 g/mol. The van der Waals surface area contributed by atoms with Gasteiger partial charge in [0.05, 0.1) is 0 Å².